The van der Waals surface area contributed by atoms with Crippen LogP contribution in [0.25, 0.3) is 0 Å². The van der Waals surface area contributed by atoms with Gasteiger partial charge in [-0.2, -0.15) is 0 Å². The molecule has 2 atom stereocenters. The van der Waals surface area contributed by atoms with E-state index in [2.05, 4.69) is 15.6 Å². The fourth-order valence-corrected chi connectivity index (χ4v) is 1.53. The van der Waals surface area contributed by atoms with Gasteiger partial charge in [0, 0.05) is 14.1 Å². The van der Waals surface area contributed by atoms with Crippen LogP contribution < -0.4 is 10.6 Å². The molecule has 0 aromatic heterocycles. The Morgan fingerprint density at radius 3 is 2.67 bits per heavy atom. The van der Waals surface area contributed by atoms with E-state index in [0.29, 0.717) is 0 Å². The molecule has 0 amide bonds. The molecule has 1 saturated carbocycles. The second-order valence-corrected chi connectivity index (χ2v) is 3.07. The normalized spacial score (nSPS) is 30.4. The summed E-state index contributed by atoms with van der Waals surface area (Å²) < 4.78 is 0. The standard InChI is InChI=1S/C8H17N3O/c1-9-8(10-2)11-6-4-3-5-7(6)12/h6-7,12H,3-5H2,1-2H3,(H2,9,10,11)/t6-,7+/m0/s1. The van der Waals surface area contributed by atoms with Gasteiger partial charge in [-0.05, 0) is 19.3 Å². The minimum absolute atomic E-state index is 0.177. The van der Waals surface area contributed by atoms with Gasteiger partial charge in [-0.25, -0.2) is 0 Å². The van der Waals surface area contributed by atoms with E-state index in [1.807, 2.05) is 7.05 Å². The molecule has 0 aliphatic heterocycles. The van der Waals surface area contributed by atoms with Crippen LogP contribution in [0.5, 0.6) is 0 Å². The van der Waals surface area contributed by atoms with Crippen molar-refractivity contribution in [1.29, 1.82) is 0 Å². The number of rotatable bonds is 1. The van der Waals surface area contributed by atoms with Crippen LogP contribution >= 0.6 is 0 Å². The Bertz CT molecular complexity index is 170. The van der Waals surface area contributed by atoms with Crippen molar-refractivity contribution >= 4 is 5.96 Å². The first-order valence-corrected chi connectivity index (χ1v) is 4.37. The van der Waals surface area contributed by atoms with Crippen LogP contribution in [-0.4, -0.2) is 37.3 Å². The zero-order valence-electron chi connectivity index (χ0n) is 7.67. The van der Waals surface area contributed by atoms with Gasteiger partial charge in [0.2, 0.25) is 0 Å². The molecule has 4 nitrogen and oxygen atoms in total. The molecule has 1 fully saturated rings. The van der Waals surface area contributed by atoms with Gasteiger partial charge in [0.1, 0.15) is 0 Å². The van der Waals surface area contributed by atoms with Crippen molar-refractivity contribution in [3.8, 4) is 0 Å². The Balaban J connectivity index is 2.39. The molecule has 0 unspecified atom stereocenters. The quantitative estimate of drug-likeness (QED) is 0.375. The molecule has 3 N–H and O–H groups in total. The van der Waals surface area contributed by atoms with Crippen molar-refractivity contribution in [2.75, 3.05) is 14.1 Å². The predicted molar refractivity (Wildman–Crippen MR) is 49.2 cm³/mol. The smallest absolute Gasteiger partial charge is 0.191 e. The largest absolute Gasteiger partial charge is 0.391 e. The van der Waals surface area contributed by atoms with Crippen molar-refractivity contribution in [2.45, 2.75) is 31.4 Å². The van der Waals surface area contributed by atoms with Gasteiger partial charge in [0.15, 0.2) is 5.96 Å². The summed E-state index contributed by atoms with van der Waals surface area (Å²) in [4.78, 5) is 3.99. The van der Waals surface area contributed by atoms with E-state index in [0.717, 1.165) is 25.2 Å². The third kappa shape index (κ3) is 2.11. The molecule has 1 aliphatic carbocycles. The molecule has 12 heavy (non-hydrogen) atoms. The average Bonchev–Trinajstić information content (AvgIpc) is 2.47. The van der Waals surface area contributed by atoms with Crippen molar-refractivity contribution in [3.63, 3.8) is 0 Å². The summed E-state index contributed by atoms with van der Waals surface area (Å²) in [6.45, 7) is 0. The maximum Gasteiger partial charge on any atom is 0.191 e. The van der Waals surface area contributed by atoms with Crippen molar-refractivity contribution < 1.29 is 5.11 Å². The molecule has 1 aliphatic rings. The maximum absolute atomic E-state index is 9.48. The molecular formula is C8H17N3O. The second kappa shape index (κ2) is 4.30. The van der Waals surface area contributed by atoms with Crippen molar-refractivity contribution in [2.24, 2.45) is 4.99 Å². The molecule has 1 rings (SSSR count). The lowest BCUT2D eigenvalue weighted by atomic mass is 10.2. The number of aliphatic hydroxyl groups is 1. The van der Waals surface area contributed by atoms with Gasteiger partial charge >= 0.3 is 0 Å². The Kier molecular flexibility index (Phi) is 3.34. The molecule has 70 valence electrons. The van der Waals surface area contributed by atoms with Gasteiger partial charge in [0.25, 0.3) is 0 Å². The van der Waals surface area contributed by atoms with Gasteiger partial charge in [0.05, 0.1) is 12.1 Å². The topological polar surface area (TPSA) is 56.7 Å². The highest BCUT2D eigenvalue weighted by Crippen LogP contribution is 2.18. The number of aliphatic hydroxyl groups excluding tert-OH is 1. The highest BCUT2D eigenvalue weighted by atomic mass is 16.3. The lowest BCUT2D eigenvalue weighted by molar-refractivity contribution is 0.157. The van der Waals surface area contributed by atoms with Crippen molar-refractivity contribution in [1.82, 2.24) is 10.6 Å². The summed E-state index contributed by atoms with van der Waals surface area (Å²) in [6, 6.07) is 0.177. The van der Waals surface area contributed by atoms with Crippen LogP contribution in [0, 0.1) is 0 Å². The monoisotopic (exact) mass is 171 g/mol. The highest BCUT2D eigenvalue weighted by molar-refractivity contribution is 5.79. The lowest BCUT2D eigenvalue weighted by Crippen LogP contribution is -2.45. The molecule has 0 radical (unpaired) electrons. The molecule has 4 heteroatoms. The van der Waals surface area contributed by atoms with E-state index in [9.17, 15) is 5.11 Å². The summed E-state index contributed by atoms with van der Waals surface area (Å²) in [5.74, 6) is 0.751. The summed E-state index contributed by atoms with van der Waals surface area (Å²) in [7, 11) is 3.54. The van der Waals surface area contributed by atoms with E-state index in [1.54, 1.807) is 7.05 Å². The second-order valence-electron chi connectivity index (χ2n) is 3.07. The Labute approximate surface area is 73.1 Å². The summed E-state index contributed by atoms with van der Waals surface area (Å²) in [6.07, 6.45) is 2.81. The van der Waals surface area contributed by atoms with Crippen LogP contribution in [-0.2, 0) is 0 Å². The fraction of sp³-hybridized carbons (Fsp3) is 0.875. The molecule has 0 spiro atoms. The van der Waals surface area contributed by atoms with E-state index in [1.165, 1.54) is 0 Å². The van der Waals surface area contributed by atoms with Gasteiger partial charge in [-0.3, -0.25) is 4.99 Å². The Hall–Kier alpha value is -0.770. The lowest BCUT2D eigenvalue weighted by Gasteiger charge is -2.18. The van der Waals surface area contributed by atoms with Gasteiger partial charge in [-0.15, -0.1) is 0 Å². The van der Waals surface area contributed by atoms with Gasteiger partial charge in [-0.1, -0.05) is 0 Å². The zero-order valence-corrected chi connectivity index (χ0v) is 7.67. The number of guanidine groups is 1. The SMILES string of the molecule is CN=C(NC)N[C@H]1CCC[C@H]1O. The van der Waals surface area contributed by atoms with Crippen LogP contribution in [0.4, 0.5) is 0 Å². The zero-order chi connectivity index (χ0) is 8.97. The number of hydrogen-bond acceptors (Lipinski definition) is 2. The number of aliphatic imine (C=N–C) groups is 1. The number of nitrogens with zero attached hydrogens (tertiary/aromatic N) is 1. The van der Waals surface area contributed by atoms with E-state index in [-0.39, 0.29) is 12.1 Å². The first-order chi connectivity index (χ1) is 5.77. The number of hydrogen-bond donors (Lipinski definition) is 3. The fourth-order valence-electron chi connectivity index (χ4n) is 1.53. The number of nitrogens with one attached hydrogen (secondary N) is 2. The summed E-state index contributed by atoms with van der Waals surface area (Å²) in [5.41, 5.74) is 0. The highest BCUT2D eigenvalue weighted by Gasteiger charge is 2.25. The van der Waals surface area contributed by atoms with E-state index >= 15 is 0 Å². The summed E-state index contributed by atoms with van der Waals surface area (Å²) >= 11 is 0. The summed E-state index contributed by atoms with van der Waals surface area (Å²) in [5, 5.41) is 15.6. The van der Waals surface area contributed by atoms with Crippen LogP contribution in [0.2, 0.25) is 0 Å². The molecule has 0 aromatic carbocycles. The molecule has 0 aromatic rings. The maximum atomic E-state index is 9.48. The van der Waals surface area contributed by atoms with E-state index < -0.39 is 0 Å². The Morgan fingerprint density at radius 1 is 1.50 bits per heavy atom. The molecule has 0 bridgehead atoms. The third-order valence-corrected chi connectivity index (χ3v) is 2.26. The predicted octanol–water partition coefficient (Wildman–Crippen LogP) is -0.305. The first-order valence-electron chi connectivity index (χ1n) is 4.37. The van der Waals surface area contributed by atoms with Crippen LogP contribution in [0.3, 0.4) is 0 Å². The molecule has 0 heterocycles. The molecule has 0 saturated heterocycles. The van der Waals surface area contributed by atoms with E-state index in [4.69, 9.17) is 0 Å². The van der Waals surface area contributed by atoms with Crippen LogP contribution in [0.15, 0.2) is 4.99 Å². The van der Waals surface area contributed by atoms with Crippen molar-refractivity contribution in [3.05, 3.63) is 0 Å². The molecular weight excluding hydrogens is 154 g/mol. The first kappa shape index (κ1) is 9.32. The third-order valence-electron chi connectivity index (χ3n) is 2.26. The van der Waals surface area contributed by atoms with Crippen LogP contribution in [0.1, 0.15) is 19.3 Å². The minimum Gasteiger partial charge on any atom is -0.391 e. The minimum atomic E-state index is -0.213. The van der Waals surface area contributed by atoms with Gasteiger partial charge < -0.3 is 15.7 Å². The average molecular weight is 171 g/mol. The Morgan fingerprint density at radius 2 is 2.25 bits per heavy atom.